The van der Waals surface area contributed by atoms with E-state index >= 15 is 0 Å². The minimum absolute atomic E-state index is 0.0905. The second kappa shape index (κ2) is 20.1. The topological polar surface area (TPSA) is 239 Å². The Bertz CT molecular complexity index is 1690. The highest BCUT2D eigenvalue weighted by Crippen LogP contribution is 2.34. The van der Waals surface area contributed by atoms with E-state index in [4.69, 9.17) is 24.1 Å². The quantitative estimate of drug-likeness (QED) is 0.0874. The predicted octanol–water partition coefficient (Wildman–Crippen LogP) is 2.96. The molecule has 54 heavy (non-hydrogen) atoms. The van der Waals surface area contributed by atoms with Gasteiger partial charge in [0.25, 0.3) is 11.7 Å². The third kappa shape index (κ3) is 12.3. The van der Waals surface area contributed by atoms with Crippen LogP contribution in [0.15, 0.2) is 84.9 Å². The summed E-state index contributed by atoms with van der Waals surface area (Å²) in [6, 6.07) is 21.3. The Kier molecular flexibility index (Phi) is 15.3. The van der Waals surface area contributed by atoms with Crippen molar-refractivity contribution in [3.63, 3.8) is 0 Å². The molecule has 0 bridgehead atoms. The number of aliphatic hydroxyl groups is 2. The first-order chi connectivity index (χ1) is 25.9. The van der Waals surface area contributed by atoms with Crippen LogP contribution in [0.2, 0.25) is 0 Å². The fourth-order valence-corrected chi connectivity index (χ4v) is 5.77. The fraction of sp³-hybridized carbons (Fsp3) is 0.395. The second-order valence-corrected chi connectivity index (χ2v) is 12.6. The Labute approximate surface area is 311 Å². The van der Waals surface area contributed by atoms with E-state index in [1.54, 1.807) is 54.6 Å². The number of hydrogen-bond donors (Lipinski definition) is 7. The number of unbranched alkanes of at least 4 members (excludes halogenated alkanes) is 2. The lowest BCUT2D eigenvalue weighted by Gasteiger charge is -2.48. The number of aliphatic carboxylic acids is 2. The number of carbonyl (C=O) groups is 5. The van der Waals surface area contributed by atoms with Gasteiger partial charge < -0.3 is 55.3 Å². The Morgan fingerprint density at radius 1 is 0.852 bits per heavy atom. The van der Waals surface area contributed by atoms with Gasteiger partial charge in [0.05, 0.1) is 24.8 Å². The molecule has 3 aromatic carbocycles. The van der Waals surface area contributed by atoms with Crippen molar-refractivity contribution in [2.75, 3.05) is 13.2 Å². The molecule has 0 spiro atoms. The number of amides is 3. The minimum atomic E-state index is -2.50. The predicted molar refractivity (Wildman–Crippen MR) is 190 cm³/mol. The van der Waals surface area contributed by atoms with Crippen LogP contribution in [0.25, 0.3) is 0 Å². The van der Waals surface area contributed by atoms with Crippen LogP contribution in [0.4, 0.5) is 4.79 Å². The normalized spacial score (nSPS) is 20.5. The number of alkyl carbamates (subject to hydrolysis) is 1. The summed E-state index contributed by atoms with van der Waals surface area (Å²) in [6.07, 6.45) is -6.13. The van der Waals surface area contributed by atoms with Crippen LogP contribution in [0.1, 0.15) is 54.9 Å². The number of aliphatic hydroxyl groups excluding tert-OH is 2. The van der Waals surface area contributed by atoms with Gasteiger partial charge in [-0.3, -0.25) is 14.4 Å². The van der Waals surface area contributed by atoms with Crippen molar-refractivity contribution in [3.05, 3.63) is 96.1 Å². The van der Waals surface area contributed by atoms with Crippen molar-refractivity contribution in [2.45, 2.75) is 81.8 Å². The molecule has 1 heterocycles. The lowest BCUT2D eigenvalue weighted by molar-refractivity contribution is -0.300. The van der Waals surface area contributed by atoms with Crippen LogP contribution >= 0.6 is 0 Å². The zero-order valence-corrected chi connectivity index (χ0v) is 29.6. The first-order valence-electron chi connectivity index (χ1n) is 17.4. The number of rotatable bonds is 19. The molecule has 290 valence electrons. The van der Waals surface area contributed by atoms with Crippen LogP contribution in [-0.4, -0.2) is 99.6 Å². The molecule has 0 saturated carbocycles. The zero-order chi connectivity index (χ0) is 39.1. The molecular formula is C38H45N3O13. The van der Waals surface area contributed by atoms with Crippen LogP contribution < -0.4 is 20.7 Å². The summed E-state index contributed by atoms with van der Waals surface area (Å²) < 4.78 is 22.7. The lowest BCUT2D eigenvalue weighted by atomic mass is 9.86. The van der Waals surface area contributed by atoms with E-state index in [1.165, 1.54) is 12.1 Å². The third-order valence-electron chi connectivity index (χ3n) is 8.48. The van der Waals surface area contributed by atoms with Crippen molar-refractivity contribution in [2.24, 2.45) is 0 Å². The van der Waals surface area contributed by atoms with Gasteiger partial charge in [0.2, 0.25) is 5.91 Å². The first-order valence-corrected chi connectivity index (χ1v) is 17.4. The number of nitrogens with one attached hydrogen (secondary N) is 3. The lowest BCUT2D eigenvalue weighted by Crippen LogP contribution is -2.71. The van der Waals surface area contributed by atoms with Crippen molar-refractivity contribution >= 4 is 29.8 Å². The standard InChI is InChI=1S/C38H45N3O13/c1-24(42)40-32-29(41-37(50)51-23-25-11-5-2-6-12-25)21-38(36(48)49,52-20-10-4-9-15-31(44)45)54-34(32)33(46)30(43)22-39-35(47)26-16-18-28(19-17-26)53-27-13-7-3-8-14-27/h2-3,5-8,11-14,16-19,29-30,32-34,43,46H,4,9-10,15,20-23H2,1H3,(H,39,47)(H,40,42)(H,41,50)(H,44,45)(H,48,49)/t29-,30+,32+,33+,34+,38+/m0/s1. The highest BCUT2D eigenvalue weighted by molar-refractivity contribution is 5.94. The molecule has 0 aliphatic carbocycles. The van der Waals surface area contributed by atoms with Crippen LogP contribution in [0.5, 0.6) is 11.5 Å². The number of ether oxygens (including phenoxy) is 4. The van der Waals surface area contributed by atoms with Gasteiger partial charge in [0.15, 0.2) is 0 Å². The summed E-state index contributed by atoms with van der Waals surface area (Å²) in [5.41, 5.74) is 0.876. The highest BCUT2D eigenvalue weighted by atomic mass is 16.7. The van der Waals surface area contributed by atoms with Crippen molar-refractivity contribution < 1.29 is 63.3 Å². The van der Waals surface area contributed by atoms with E-state index in [2.05, 4.69) is 16.0 Å². The molecule has 3 amide bonds. The highest BCUT2D eigenvalue weighted by Gasteiger charge is 2.56. The number of carboxylic acids is 2. The number of benzene rings is 3. The number of hydrogen-bond acceptors (Lipinski definition) is 11. The molecular weight excluding hydrogens is 706 g/mol. The summed E-state index contributed by atoms with van der Waals surface area (Å²) in [4.78, 5) is 62.1. The maximum atomic E-state index is 13.0. The summed E-state index contributed by atoms with van der Waals surface area (Å²) >= 11 is 0. The zero-order valence-electron chi connectivity index (χ0n) is 29.6. The summed E-state index contributed by atoms with van der Waals surface area (Å²) in [7, 11) is 0. The smallest absolute Gasteiger partial charge is 0.407 e. The Balaban J connectivity index is 1.50. The Hall–Kier alpha value is -5.55. The molecule has 4 rings (SSSR count). The molecule has 0 aromatic heterocycles. The van der Waals surface area contributed by atoms with Gasteiger partial charge in [-0.15, -0.1) is 0 Å². The van der Waals surface area contributed by atoms with E-state index in [0.717, 1.165) is 6.92 Å². The van der Waals surface area contributed by atoms with Crippen LogP contribution in [0.3, 0.4) is 0 Å². The number of para-hydroxylation sites is 1. The fourth-order valence-electron chi connectivity index (χ4n) is 5.77. The van der Waals surface area contributed by atoms with E-state index < -0.39 is 79.0 Å². The summed E-state index contributed by atoms with van der Waals surface area (Å²) in [6.45, 7) is 0.285. The largest absolute Gasteiger partial charge is 0.481 e. The van der Waals surface area contributed by atoms with Gasteiger partial charge in [-0.1, -0.05) is 55.0 Å². The maximum Gasteiger partial charge on any atom is 0.407 e. The molecule has 1 saturated heterocycles. The molecule has 0 unspecified atom stereocenters. The Morgan fingerprint density at radius 3 is 2.13 bits per heavy atom. The second-order valence-electron chi connectivity index (χ2n) is 12.6. The average Bonchev–Trinajstić information content (AvgIpc) is 3.15. The van der Waals surface area contributed by atoms with Crippen molar-refractivity contribution in [1.82, 2.24) is 16.0 Å². The SMILES string of the molecule is CC(=O)N[C@H]1[C@H]([C@H](O)[C@H](O)CNC(=O)c2ccc(Oc3ccccc3)cc2)O[C@@](OCCCCCC(=O)O)(C(=O)O)C[C@@H]1NC(=O)OCc1ccccc1. The summed E-state index contributed by atoms with van der Waals surface area (Å²) in [5, 5.41) is 49.5. The molecule has 0 radical (unpaired) electrons. The van der Waals surface area contributed by atoms with E-state index in [1.807, 2.05) is 18.2 Å². The monoisotopic (exact) mass is 751 g/mol. The molecule has 1 aliphatic rings. The molecule has 1 aliphatic heterocycles. The number of carbonyl (C=O) groups excluding carboxylic acids is 3. The van der Waals surface area contributed by atoms with Gasteiger partial charge in [-0.05, 0) is 54.8 Å². The maximum absolute atomic E-state index is 13.0. The van der Waals surface area contributed by atoms with Crippen molar-refractivity contribution in [3.8, 4) is 11.5 Å². The minimum Gasteiger partial charge on any atom is -0.481 e. The van der Waals surface area contributed by atoms with Crippen LogP contribution in [0, 0.1) is 0 Å². The molecule has 16 nitrogen and oxygen atoms in total. The molecule has 3 aromatic rings. The van der Waals surface area contributed by atoms with Crippen LogP contribution in [-0.2, 0) is 35.2 Å². The third-order valence-corrected chi connectivity index (χ3v) is 8.48. The first kappa shape index (κ1) is 41.2. The van der Waals surface area contributed by atoms with Crippen molar-refractivity contribution in [1.29, 1.82) is 0 Å². The van der Waals surface area contributed by atoms with Gasteiger partial charge >= 0.3 is 18.0 Å². The number of carboxylic acid groups (broad SMARTS) is 2. The molecule has 7 N–H and O–H groups in total. The summed E-state index contributed by atoms with van der Waals surface area (Å²) in [5.74, 6) is -5.27. The van der Waals surface area contributed by atoms with Gasteiger partial charge in [0.1, 0.15) is 30.3 Å². The van der Waals surface area contributed by atoms with E-state index in [0.29, 0.717) is 29.9 Å². The van der Waals surface area contributed by atoms with Gasteiger partial charge in [-0.2, -0.15) is 0 Å². The molecule has 16 heteroatoms. The van der Waals surface area contributed by atoms with Gasteiger partial charge in [0, 0.05) is 31.9 Å². The molecule has 6 atom stereocenters. The van der Waals surface area contributed by atoms with Gasteiger partial charge in [-0.25, -0.2) is 9.59 Å². The Morgan fingerprint density at radius 2 is 1.50 bits per heavy atom. The average molecular weight is 752 g/mol. The molecule has 1 fully saturated rings. The van der Waals surface area contributed by atoms with E-state index in [9.17, 15) is 39.3 Å². The van der Waals surface area contributed by atoms with E-state index in [-0.39, 0.29) is 31.6 Å².